The molecule has 0 aromatic heterocycles. The van der Waals surface area contributed by atoms with Crippen LogP contribution >= 0.6 is 0 Å². The van der Waals surface area contributed by atoms with Gasteiger partial charge in [0.05, 0.1) is 43.7 Å². The fourth-order valence-corrected chi connectivity index (χ4v) is 8.86. The summed E-state index contributed by atoms with van der Waals surface area (Å²) >= 11 is 0. The van der Waals surface area contributed by atoms with Crippen LogP contribution in [-0.2, 0) is 52.3 Å². The molecule has 2 saturated heterocycles. The minimum absolute atomic E-state index is 0.115. The lowest BCUT2D eigenvalue weighted by Gasteiger charge is -2.18. The molecule has 0 N–H and O–H groups in total. The number of unbranched alkanes of at least 4 members (excludes halogenated alkanes) is 21. The summed E-state index contributed by atoms with van der Waals surface area (Å²) in [5, 5.41) is 0. The van der Waals surface area contributed by atoms with E-state index in [1.807, 2.05) is 0 Å². The molecule has 2 aliphatic rings. The van der Waals surface area contributed by atoms with Gasteiger partial charge in [-0.15, -0.1) is 0 Å². The fraction of sp³-hybridized carbons (Fsp3) is 0.947. The van der Waals surface area contributed by atoms with E-state index in [9.17, 15) is 14.4 Å². The van der Waals surface area contributed by atoms with Crippen molar-refractivity contribution in [2.45, 2.75) is 315 Å². The molecule has 2 rings (SSSR count). The summed E-state index contributed by atoms with van der Waals surface area (Å²) in [6.45, 7) is 15.2. The van der Waals surface area contributed by atoms with Crippen molar-refractivity contribution in [1.82, 2.24) is 0 Å². The largest absolute Gasteiger partial charge is 0.462 e. The zero-order valence-corrected chi connectivity index (χ0v) is 44.9. The summed E-state index contributed by atoms with van der Waals surface area (Å²) in [4.78, 5) is 38.3. The first-order valence-corrected chi connectivity index (χ1v) is 28.8. The molecule has 2 fully saturated rings. The predicted octanol–water partition coefficient (Wildman–Crippen LogP) is 14.4. The normalized spacial score (nSPS) is 19.3. The van der Waals surface area contributed by atoms with Gasteiger partial charge in [0.1, 0.15) is 25.4 Å². The third-order valence-corrected chi connectivity index (χ3v) is 13.7. The first-order chi connectivity index (χ1) is 33.1. The lowest BCUT2D eigenvalue weighted by atomic mass is 10.1. The summed E-state index contributed by atoms with van der Waals surface area (Å²) in [5.74, 6) is -0.986. The molecular formula is C57H106O11. The fourth-order valence-electron chi connectivity index (χ4n) is 8.86. The number of ether oxygens (including phenoxy) is 8. The first kappa shape index (κ1) is 62.3. The predicted molar refractivity (Wildman–Crippen MR) is 274 cm³/mol. The smallest absolute Gasteiger partial charge is 0.306 e. The molecule has 11 nitrogen and oxygen atoms in total. The highest BCUT2D eigenvalue weighted by Crippen LogP contribution is 2.29. The Morgan fingerprint density at radius 1 is 0.397 bits per heavy atom. The Balaban J connectivity index is 1.60. The minimum Gasteiger partial charge on any atom is -0.462 e. The van der Waals surface area contributed by atoms with Gasteiger partial charge in [-0.25, -0.2) is 0 Å². The van der Waals surface area contributed by atoms with Crippen molar-refractivity contribution in [2.24, 2.45) is 0 Å². The van der Waals surface area contributed by atoms with Gasteiger partial charge in [0, 0.05) is 25.9 Å². The number of hydrogen-bond donors (Lipinski definition) is 0. The van der Waals surface area contributed by atoms with E-state index < -0.39 is 6.10 Å². The van der Waals surface area contributed by atoms with Gasteiger partial charge in [0.15, 0.2) is 6.10 Å². The van der Waals surface area contributed by atoms with E-state index in [-0.39, 0.29) is 62.0 Å². The first-order valence-electron chi connectivity index (χ1n) is 28.8. The van der Waals surface area contributed by atoms with E-state index in [0.717, 1.165) is 141 Å². The second-order valence-electron chi connectivity index (χ2n) is 20.6. The monoisotopic (exact) mass is 967 g/mol. The lowest BCUT2D eigenvalue weighted by Crippen LogP contribution is -2.30. The Morgan fingerprint density at radius 2 is 0.750 bits per heavy atom. The van der Waals surface area contributed by atoms with Gasteiger partial charge in [-0.3, -0.25) is 14.4 Å². The lowest BCUT2D eigenvalue weighted by molar-refractivity contribution is -0.167. The number of carbonyl (C=O) groups is 3. The third-order valence-electron chi connectivity index (χ3n) is 13.7. The Kier molecular flexibility index (Phi) is 39.3. The highest BCUT2D eigenvalue weighted by molar-refractivity contribution is 5.71. The molecule has 0 spiro atoms. The van der Waals surface area contributed by atoms with Crippen LogP contribution in [0.25, 0.3) is 0 Å². The number of rotatable bonds is 51. The molecular weight excluding hydrogens is 861 g/mol. The maximum atomic E-state index is 12.9. The molecule has 2 heterocycles. The summed E-state index contributed by atoms with van der Waals surface area (Å²) < 4.78 is 46.5. The molecule has 0 radical (unpaired) electrons. The molecule has 8 unspecified atom stereocenters. The van der Waals surface area contributed by atoms with Crippen molar-refractivity contribution in [3.63, 3.8) is 0 Å². The van der Waals surface area contributed by atoms with E-state index in [2.05, 4.69) is 41.5 Å². The molecule has 0 amide bonds. The van der Waals surface area contributed by atoms with Gasteiger partial charge in [-0.2, -0.15) is 0 Å². The van der Waals surface area contributed by atoms with E-state index >= 15 is 0 Å². The molecule has 0 aromatic carbocycles. The van der Waals surface area contributed by atoms with Gasteiger partial charge in [0.25, 0.3) is 0 Å². The van der Waals surface area contributed by atoms with Gasteiger partial charge >= 0.3 is 17.9 Å². The van der Waals surface area contributed by atoms with Crippen molar-refractivity contribution >= 4 is 17.9 Å². The van der Waals surface area contributed by atoms with E-state index in [1.54, 1.807) is 0 Å². The second-order valence-corrected chi connectivity index (χ2v) is 20.6. The maximum absolute atomic E-state index is 12.9. The molecule has 68 heavy (non-hydrogen) atoms. The van der Waals surface area contributed by atoms with Gasteiger partial charge in [0.2, 0.25) is 0 Å². The number of carbonyl (C=O) groups excluding carboxylic acids is 3. The molecule has 0 aliphatic carbocycles. The van der Waals surface area contributed by atoms with E-state index in [0.29, 0.717) is 44.4 Å². The highest BCUT2D eigenvalue weighted by atomic mass is 16.6. The maximum Gasteiger partial charge on any atom is 0.306 e. The van der Waals surface area contributed by atoms with Gasteiger partial charge in [-0.1, -0.05) is 168 Å². The number of epoxide rings is 2. The second kappa shape index (κ2) is 42.9. The standard InChI is InChI=1S/C57H106O11/c1-7-10-13-14-24-33-42-61-47(4)34-27-18-15-21-30-39-55(58)64-43-50(66-57(60)41-32-23-17-20-29-36-49(6)63-46-54-52(68-54)38-26-12-9-3)44-65-56(59)40-31-22-16-19-28-35-48(5)62-45-53-51(67-53)37-25-11-8-2/h47-54H,7-46H2,1-6H3. The molecule has 400 valence electrons. The zero-order valence-electron chi connectivity index (χ0n) is 44.9. The van der Waals surface area contributed by atoms with Crippen LogP contribution in [-0.4, -0.2) is 99.8 Å². The van der Waals surface area contributed by atoms with Crippen molar-refractivity contribution in [3.05, 3.63) is 0 Å². The molecule has 11 heteroatoms. The Bertz CT molecular complexity index is 1200. The van der Waals surface area contributed by atoms with Crippen LogP contribution in [0, 0.1) is 0 Å². The highest BCUT2D eigenvalue weighted by Gasteiger charge is 2.39. The summed E-state index contributed by atoms with van der Waals surface area (Å²) in [5.41, 5.74) is 0. The Morgan fingerprint density at radius 3 is 1.19 bits per heavy atom. The molecule has 0 bridgehead atoms. The van der Waals surface area contributed by atoms with Crippen LogP contribution in [0.1, 0.15) is 266 Å². The Hall–Kier alpha value is -1.79. The van der Waals surface area contributed by atoms with Crippen LogP contribution < -0.4 is 0 Å². The van der Waals surface area contributed by atoms with Crippen molar-refractivity contribution in [3.8, 4) is 0 Å². The van der Waals surface area contributed by atoms with Crippen LogP contribution in [0.15, 0.2) is 0 Å². The van der Waals surface area contributed by atoms with E-state index in [1.165, 1.54) is 70.6 Å². The molecule has 2 aliphatic heterocycles. The van der Waals surface area contributed by atoms with Crippen molar-refractivity contribution in [1.29, 1.82) is 0 Å². The van der Waals surface area contributed by atoms with Crippen molar-refractivity contribution < 1.29 is 52.3 Å². The minimum atomic E-state index is -0.822. The van der Waals surface area contributed by atoms with Gasteiger partial charge < -0.3 is 37.9 Å². The summed E-state index contributed by atoms with van der Waals surface area (Å²) in [6.07, 6.45) is 37.7. The van der Waals surface area contributed by atoms with Crippen molar-refractivity contribution in [2.75, 3.05) is 33.0 Å². The number of hydrogen-bond acceptors (Lipinski definition) is 11. The van der Waals surface area contributed by atoms with E-state index in [4.69, 9.17) is 37.9 Å². The average Bonchev–Trinajstić information content (AvgIpc) is 4.26. The van der Waals surface area contributed by atoms with Crippen LogP contribution in [0.5, 0.6) is 0 Å². The average molecular weight is 967 g/mol. The summed E-state index contributed by atoms with van der Waals surface area (Å²) in [7, 11) is 0. The number of esters is 3. The SMILES string of the molecule is CCCCCCCCOC(C)CCCCCCCC(=O)OCC(COC(=O)CCCCCCCC(C)OCC1OC1CCCCC)OC(=O)CCCCCCCC(C)OCC1OC1CCCCC. The Labute approximate surface area is 417 Å². The topological polar surface area (TPSA) is 132 Å². The summed E-state index contributed by atoms with van der Waals surface area (Å²) in [6, 6.07) is 0. The molecule has 8 atom stereocenters. The molecule has 0 aromatic rings. The molecule has 0 saturated carbocycles. The zero-order chi connectivity index (χ0) is 49.3. The quantitative estimate of drug-likeness (QED) is 0.0250. The van der Waals surface area contributed by atoms with Crippen LogP contribution in [0.3, 0.4) is 0 Å². The van der Waals surface area contributed by atoms with Crippen LogP contribution in [0.4, 0.5) is 0 Å². The third kappa shape index (κ3) is 37.1. The van der Waals surface area contributed by atoms with Gasteiger partial charge in [-0.05, 0) is 78.6 Å². The van der Waals surface area contributed by atoms with Crippen LogP contribution in [0.2, 0.25) is 0 Å².